The molecule has 0 unspecified atom stereocenters. The van der Waals surface area contributed by atoms with Gasteiger partial charge >= 0.3 is 6.61 Å². The Labute approximate surface area is 164 Å². The highest BCUT2D eigenvalue weighted by atomic mass is 32.2. The van der Waals surface area contributed by atoms with Crippen molar-refractivity contribution in [2.75, 3.05) is 5.75 Å². The Morgan fingerprint density at radius 2 is 1.75 bits per heavy atom. The first-order valence-corrected chi connectivity index (χ1v) is 9.60. The van der Waals surface area contributed by atoms with Crippen molar-refractivity contribution in [3.8, 4) is 17.1 Å². The molecule has 2 aromatic carbocycles. The van der Waals surface area contributed by atoms with Crippen LogP contribution in [0.2, 0.25) is 0 Å². The Bertz CT molecular complexity index is 1050. The highest BCUT2D eigenvalue weighted by molar-refractivity contribution is 7.99. The number of nitrogens with zero attached hydrogens (tertiary/aromatic N) is 4. The average molecular weight is 398 g/mol. The monoisotopic (exact) mass is 398 g/mol. The van der Waals surface area contributed by atoms with Gasteiger partial charge in [0.2, 0.25) is 0 Å². The second-order valence-electron chi connectivity index (χ2n) is 5.95. The van der Waals surface area contributed by atoms with Crippen LogP contribution in [0.4, 0.5) is 8.78 Å². The van der Waals surface area contributed by atoms with Crippen LogP contribution in [0.1, 0.15) is 5.56 Å². The van der Waals surface area contributed by atoms with Crippen molar-refractivity contribution in [3.63, 3.8) is 0 Å². The van der Waals surface area contributed by atoms with Crippen molar-refractivity contribution in [1.82, 2.24) is 19.6 Å². The molecule has 0 aliphatic rings. The maximum absolute atomic E-state index is 12.3. The van der Waals surface area contributed by atoms with E-state index in [2.05, 4.69) is 32.1 Å². The lowest BCUT2D eigenvalue weighted by molar-refractivity contribution is -0.0498. The van der Waals surface area contributed by atoms with E-state index >= 15 is 0 Å². The average Bonchev–Trinajstić information content (AvgIpc) is 3.14. The highest BCUT2D eigenvalue weighted by Gasteiger charge is 2.13. The van der Waals surface area contributed by atoms with E-state index in [-0.39, 0.29) is 5.75 Å². The zero-order valence-electron chi connectivity index (χ0n) is 14.7. The molecule has 0 aliphatic heterocycles. The highest BCUT2D eigenvalue weighted by Crippen LogP contribution is 2.27. The Hall–Kier alpha value is -3.00. The third-order valence-electron chi connectivity index (χ3n) is 4.10. The largest absolute Gasteiger partial charge is 0.435 e. The number of ether oxygens (including phenoxy) is 1. The molecule has 0 radical (unpaired) electrons. The minimum Gasteiger partial charge on any atom is -0.435 e. The fraction of sp³-hybridized carbons (Fsp3) is 0.150. The van der Waals surface area contributed by atoms with Crippen molar-refractivity contribution in [1.29, 1.82) is 0 Å². The van der Waals surface area contributed by atoms with Gasteiger partial charge in [0.05, 0.1) is 12.4 Å². The van der Waals surface area contributed by atoms with Crippen LogP contribution in [0.5, 0.6) is 5.75 Å². The van der Waals surface area contributed by atoms with Gasteiger partial charge in [-0.25, -0.2) is 0 Å². The quantitative estimate of drug-likeness (QED) is 0.422. The molecular weight excluding hydrogens is 382 g/mol. The molecule has 0 amide bonds. The third kappa shape index (κ3) is 4.12. The number of thioether (sulfide) groups is 1. The number of benzene rings is 2. The Morgan fingerprint density at radius 3 is 2.50 bits per heavy atom. The summed E-state index contributed by atoms with van der Waals surface area (Å²) >= 11 is 1.67. The van der Waals surface area contributed by atoms with Crippen LogP contribution in [0.3, 0.4) is 0 Å². The van der Waals surface area contributed by atoms with Gasteiger partial charge in [-0.3, -0.25) is 9.38 Å². The van der Waals surface area contributed by atoms with Crippen LogP contribution in [0.25, 0.3) is 17.0 Å². The van der Waals surface area contributed by atoms with E-state index < -0.39 is 6.61 Å². The first kappa shape index (κ1) is 18.4. The van der Waals surface area contributed by atoms with Gasteiger partial charge in [-0.1, -0.05) is 30.3 Å². The number of fused-ring (bicyclic) bond motifs is 1. The summed E-state index contributed by atoms with van der Waals surface area (Å²) in [6.45, 7) is -2.85. The van der Waals surface area contributed by atoms with Crippen molar-refractivity contribution < 1.29 is 13.5 Å². The fourth-order valence-electron chi connectivity index (χ4n) is 2.82. The topological polar surface area (TPSA) is 52.3 Å². The summed E-state index contributed by atoms with van der Waals surface area (Å²) in [4.78, 5) is 4.24. The molecule has 0 aliphatic carbocycles. The van der Waals surface area contributed by atoms with Crippen LogP contribution in [0, 0.1) is 0 Å². The molecule has 0 fully saturated rings. The summed E-state index contributed by atoms with van der Waals surface area (Å²) < 4.78 is 31.0. The van der Waals surface area contributed by atoms with Gasteiger partial charge in [-0.2, -0.15) is 8.78 Å². The van der Waals surface area contributed by atoms with Crippen LogP contribution in [-0.2, 0) is 6.42 Å². The number of hydrogen-bond acceptors (Lipinski definition) is 5. The van der Waals surface area contributed by atoms with Crippen LogP contribution >= 0.6 is 11.8 Å². The molecule has 0 saturated heterocycles. The molecule has 8 heteroatoms. The lowest BCUT2D eigenvalue weighted by Crippen LogP contribution is -2.01. The summed E-state index contributed by atoms with van der Waals surface area (Å²) in [7, 11) is 0. The van der Waals surface area contributed by atoms with Gasteiger partial charge < -0.3 is 4.74 Å². The summed E-state index contributed by atoms with van der Waals surface area (Å²) in [6.07, 6.45) is 4.36. The smallest absolute Gasteiger partial charge is 0.387 e. The SMILES string of the molecule is FC(F)Oc1ccc(-c2nnc3cncc(SCCc4ccccc4)n23)cc1. The molecule has 4 rings (SSSR count). The molecule has 28 heavy (non-hydrogen) atoms. The molecule has 4 aromatic rings. The first-order valence-electron chi connectivity index (χ1n) is 8.62. The van der Waals surface area contributed by atoms with Crippen molar-refractivity contribution in [2.24, 2.45) is 0 Å². The number of rotatable bonds is 7. The molecular formula is C20H16F2N4OS. The van der Waals surface area contributed by atoms with Gasteiger partial charge in [0, 0.05) is 11.3 Å². The molecule has 2 aromatic heterocycles. The summed E-state index contributed by atoms with van der Waals surface area (Å²) in [6, 6.07) is 16.6. The number of alkyl halides is 2. The van der Waals surface area contributed by atoms with Crippen LogP contribution in [-0.4, -0.2) is 31.9 Å². The standard InChI is InChI=1S/C20H16F2N4OS/c21-20(22)27-16-8-6-15(7-9-16)19-25-24-17-12-23-13-18(26(17)19)28-11-10-14-4-2-1-3-5-14/h1-9,12-13,20H,10-11H2. The van der Waals surface area contributed by atoms with E-state index in [0.29, 0.717) is 11.5 Å². The van der Waals surface area contributed by atoms with Gasteiger partial charge in [0.15, 0.2) is 11.5 Å². The number of aromatic nitrogens is 4. The predicted molar refractivity (Wildman–Crippen MR) is 104 cm³/mol. The van der Waals surface area contributed by atoms with Crippen molar-refractivity contribution in [2.45, 2.75) is 18.1 Å². The summed E-state index contributed by atoms with van der Waals surface area (Å²) in [5, 5.41) is 9.35. The minimum absolute atomic E-state index is 0.103. The second kappa shape index (κ2) is 8.35. The van der Waals surface area contributed by atoms with E-state index in [0.717, 1.165) is 22.8 Å². The lowest BCUT2D eigenvalue weighted by atomic mass is 10.2. The van der Waals surface area contributed by atoms with Gasteiger partial charge in [-0.15, -0.1) is 22.0 Å². The maximum atomic E-state index is 12.3. The lowest BCUT2D eigenvalue weighted by Gasteiger charge is -2.08. The predicted octanol–water partition coefficient (Wildman–Crippen LogP) is 4.73. The zero-order chi connectivity index (χ0) is 19.3. The van der Waals surface area contributed by atoms with Gasteiger partial charge in [0.1, 0.15) is 10.8 Å². The minimum atomic E-state index is -2.85. The van der Waals surface area contributed by atoms with E-state index in [1.54, 1.807) is 36.3 Å². The first-order chi connectivity index (χ1) is 13.7. The van der Waals surface area contributed by atoms with Crippen LogP contribution < -0.4 is 4.74 Å². The molecule has 0 N–H and O–H groups in total. The number of halogens is 2. The Morgan fingerprint density at radius 1 is 0.964 bits per heavy atom. The van der Waals surface area contributed by atoms with E-state index in [4.69, 9.17) is 0 Å². The maximum Gasteiger partial charge on any atom is 0.387 e. The second-order valence-corrected chi connectivity index (χ2v) is 7.06. The van der Waals surface area contributed by atoms with E-state index in [1.165, 1.54) is 17.7 Å². The molecule has 5 nitrogen and oxygen atoms in total. The number of aryl methyl sites for hydroxylation is 1. The molecule has 0 spiro atoms. The Balaban J connectivity index is 1.58. The molecule has 2 heterocycles. The normalized spacial score (nSPS) is 11.2. The molecule has 0 bridgehead atoms. The molecule has 0 saturated carbocycles. The van der Waals surface area contributed by atoms with Crippen molar-refractivity contribution in [3.05, 3.63) is 72.6 Å². The van der Waals surface area contributed by atoms with Gasteiger partial charge in [-0.05, 0) is 36.2 Å². The zero-order valence-corrected chi connectivity index (χ0v) is 15.5. The third-order valence-corrected chi connectivity index (χ3v) is 5.10. The molecule has 142 valence electrons. The number of hydrogen-bond donors (Lipinski definition) is 0. The fourth-order valence-corrected chi connectivity index (χ4v) is 3.81. The molecule has 0 atom stereocenters. The van der Waals surface area contributed by atoms with Gasteiger partial charge in [0.25, 0.3) is 0 Å². The van der Waals surface area contributed by atoms with E-state index in [9.17, 15) is 8.78 Å². The van der Waals surface area contributed by atoms with Crippen LogP contribution in [0.15, 0.2) is 72.0 Å². The van der Waals surface area contributed by atoms with E-state index in [1.807, 2.05) is 22.6 Å². The van der Waals surface area contributed by atoms with Crippen molar-refractivity contribution >= 4 is 17.4 Å². The summed E-state index contributed by atoms with van der Waals surface area (Å²) in [5.74, 6) is 1.61. The Kier molecular flexibility index (Phi) is 5.48. The summed E-state index contributed by atoms with van der Waals surface area (Å²) in [5.41, 5.74) is 2.66.